The zero-order valence-electron chi connectivity index (χ0n) is 12.5. The molecule has 2 heterocycles. The van der Waals surface area contributed by atoms with Gasteiger partial charge in [0, 0.05) is 51.5 Å². The molecule has 1 atom stereocenters. The Morgan fingerprint density at radius 3 is 2.76 bits per heavy atom. The molecule has 1 aromatic rings. The highest BCUT2D eigenvalue weighted by Gasteiger charge is 2.24. The van der Waals surface area contributed by atoms with Crippen molar-refractivity contribution in [1.82, 2.24) is 4.90 Å². The molecule has 0 radical (unpaired) electrons. The summed E-state index contributed by atoms with van der Waals surface area (Å²) in [6.07, 6.45) is 2.74. The van der Waals surface area contributed by atoms with E-state index in [1.165, 1.54) is 5.69 Å². The van der Waals surface area contributed by atoms with E-state index in [0.717, 1.165) is 52.2 Å². The normalized spacial score (nSPS) is 23.1. The van der Waals surface area contributed by atoms with Crippen LogP contribution in [0, 0.1) is 5.92 Å². The first-order chi connectivity index (χ1) is 10.3. The van der Waals surface area contributed by atoms with Crippen LogP contribution in [-0.2, 0) is 9.53 Å². The van der Waals surface area contributed by atoms with Crippen LogP contribution in [0.25, 0.3) is 0 Å². The fraction of sp³-hybridized carbons (Fsp3) is 0.588. The number of para-hydroxylation sites is 1. The standard InChI is InChI=1S/C17H24N2O2/c20-17(13-15-7-12-21-14-15)19-9-4-8-18(10-11-19)16-5-2-1-3-6-16/h1-3,5-6,15H,4,7-14H2/t15-/m1/s1. The molecule has 4 nitrogen and oxygen atoms in total. The van der Waals surface area contributed by atoms with Gasteiger partial charge in [-0.3, -0.25) is 4.79 Å². The van der Waals surface area contributed by atoms with Crippen molar-refractivity contribution in [1.29, 1.82) is 0 Å². The minimum absolute atomic E-state index is 0.306. The number of nitrogens with zero attached hydrogens (tertiary/aromatic N) is 2. The maximum Gasteiger partial charge on any atom is 0.222 e. The third-order valence-corrected chi connectivity index (χ3v) is 4.46. The van der Waals surface area contributed by atoms with Crippen LogP contribution in [0.2, 0.25) is 0 Å². The molecule has 1 aromatic carbocycles. The van der Waals surface area contributed by atoms with E-state index in [4.69, 9.17) is 4.74 Å². The van der Waals surface area contributed by atoms with Crippen molar-refractivity contribution in [3.63, 3.8) is 0 Å². The molecular weight excluding hydrogens is 264 g/mol. The van der Waals surface area contributed by atoms with Crippen LogP contribution in [0.5, 0.6) is 0 Å². The lowest BCUT2D eigenvalue weighted by atomic mass is 10.0. The highest BCUT2D eigenvalue weighted by atomic mass is 16.5. The Morgan fingerprint density at radius 2 is 2.00 bits per heavy atom. The quantitative estimate of drug-likeness (QED) is 0.854. The van der Waals surface area contributed by atoms with Crippen LogP contribution in [0.1, 0.15) is 19.3 Å². The Kier molecular flexibility index (Phi) is 4.76. The van der Waals surface area contributed by atoms with E-state index in [0.29, 0.717) is 18.2 Å². The Labute approximate surface area is 126 Å². The second kappa shape index (κ2) is 6.94. The lowest BCUT2D eigenvalue weighted by Crippen LogP contribution is -2.36. The number of anilines is 1. The molecule has 2 fully saturated rings. The van der Waals surface area contributed by atoms with Crippen molar-refractivity contribution in [2.45, 2.75) is 19.3 Å². The van der Waals surface area contributed by atoms with Crippen LogP contribution in [0.4, 0.5) is 5.69 Å². The van der Waals surface area contributed by atoms with Crippen molar-refractivity contribution in [3.05, 3.63) is 30.3 Å². The van der Waals surface area contributed by atoms with Crippen LogP contribution in [0.15, 0.2) is 30.3 Å². The first-order valence-electron chi connectivity index (χ1n) is 7.98. The van der Waals surface area contributed by atoms with Crippen molar-refractivity contribution >= 4 is 11.6 Å². The number of hydrogen-bond acceptors (Lipinski definition) is 3. The molecule has 114 valence electrons. The summed E-state index contributed by atoms with van der Waals surface area (Å²) in [5.41, 5.74) is 1.26. The molecule has 2 saturated heterocycles. The number of ether oxygens (including phenoxy) is 1. The van der Waals surface area contributed by atoms with E-state index in [2.05, 4.69) is 29.2 Å². The van der Waals surface area contributed by atoms with E-state index < -0.39 is 0 Å². The van der Waals surface area contributed by atoms with Crippen molar-refractivity contribution in [2.75, 3.05) is 44.3 Å². The zero-order chi connectivity index (χ0) is 14.5. The SMILES string of the molecule is O=C(C[C@H]1CCOC1)N1CCCN(c2ccccc2)CC1. The number of amides is 1. The van der Waals surface area contributed by atoms with E-state index in [1.54, 1.807) is 0 Å². The lowest BCUT2D eigenvalue weighted by molar-refractivity contribution is -0.132. The molecule has 3 rings (SSSR count). The first kappa shape index (κ1) is 14.4. The molecule has 2 aliphatic heterocycles. The molecule has 0 unspecified atom stereocenters. The molecule has 0 N–H and O–H groups in total. The summed E-state index contributed by atoms with van der Waals surface area (Å²) >= 11 is 0. The number of rotatable bonds is 3. The maximum absolute atomic E-state index is 12.4. The molecule has 0 aliphatic carbocycles. The third kappa shape index (κ3) is 3.76. The first-order valence-corrected chi connectivity index (χ1v) is 7.98. The maximum atomic E-state index is 12.4. The molecule has 0 bridgehead atoms. The molecule has 4 heteroatoms. The van der Waals surface area contributed by atoms with E-state index in [-0.39, 0.29) is 0 Å². The van der Waals surface area contributed by atoms with Crippen molar-refractivity contribution in [3.8, 4) is 0 Å². The minimum Gasteiger partial charge on any atom is -0.381 e. The predicted molar refractivity (Wildman–Crippen MR) is 83.4 cm³/mol. The summed E-state index contributed by atoms with van der Waals surface area (Å²) < 4.78 is 5.37. The van der Waals surface area contributed by atoms with Gasteiger partial charge in [-0.2, -0.15) is 0 Å². The zero-order valence-corrected chi connectivity index (χ0v) is 12.5. The topological polar surface area (TPSA) is 32.8 Å². The van der Waals surface area contributed by atoms with Gasteiger partial charge in [0.15, 0.2) is 0 Å². The average Bonchev–Trinajstić information content (AvgIpc) is 2.89. The second-order valence-electron chi connectivity index (χ2n) is 5.99. The van der Waals surface area contributed by atoms with Gasteiger partial charge in [0.05, 0.1) is 0 Å². The number of carbonyl (C=O) groups is 1. The van der Waals surface area contributed by atoms with Gasteiger partial charge in [-0.1, -0.05) is 18.2 Å². The number of carbonyl (C=O) groups excluding carboxylic acids is 1. The molecule has 0 aromatic heterocycles. The molecule has 0 saturated carbocycles. The van der Waals surface area contributed by atoms with Gasteiger partial charge in [-0.15, -0.1) is 0 Å². The molecule has 0 spiro atoms. The van der Waals surface area contributed by atoms with Crippen LogP contribution in [0.3, 0.4) is 0 Å². The Bertz CT molecular complexity index is 457. The number of hydrogen-bond donors (Lipinski definition) is 0. The predicted octanol–water partition coefficient (Wildman–Crippen LogP) is 2.15. The van der Waals surface area contributed by atoms with Gasteiger partial charge in [-0.05, 0) is 30.9 Å². The Morgan fingerprint density at radius 1 is 1.14 bits per heavy atom. The summed E-state index contributed by atoms with van der Waals surface area (Å²) in [5, 5.41) is 0. The van der Waals surface area contributed by atoms with Gasteiger partial charge in [0.25, 0.3) is 0 Å². The average molecular weight is 288 g/mol. The van der Waals surface area contributed by atoms with Gasteiger partial charge in [0.2, 0.25) is 5.91 Å². The molecule has 2 aliphatic rings. The Hall–Kier alpha value is -1.55. The minimum atomic E-state index is 0.306. The Balaban J connectivity index is 1.54. The highest BCUT2D eigenvalue weighted by Crippen LogP contribution is 2.19. The van der Waals surface area contributed by atoms with Crippen LogP contribution in [-0.4, -0.2) is 50.2 Å². The summed E-state index contributed by atoms with van der Waals surface area (Å²) in [6.45, 7) is 5.25. The van der Waals surface area contributed by atoms with Crippen LogP contribution < -0.4 is 4.90 Å². The molecular formula is C17H24N2O2. The van der Waals surface area contributed by atoms with Gasteiger partial charge >= 0.3 is 0 Å². The lowest BCUT2D eigenvalue weighted by Gasteiger charge is -2.24. The second-order valence-corrected chi connectivity index (χ2v) is 5.99. The van der Waals surface area contributed by atoms with E-state index >= 15 is 0 Å². The van der Waals surface area contributed by atoms with Crippen LogP contribution >= 0.6 is 0 Å². The summed E-state index contributed by atoms with van der Waals surface area (Å²) in [6, 6.07) is 10.5. The fourth-order valence-electron chi connectivity index (χ4n) is 3.18. The molecule has 1 amide bonds. The van der Waals surface area contributed by atoms with Crippen molar-refractivity contribution < 1.29 is 9.53 Å². The van der Waals surface area contributed by atoms with Gasteiger partial charge in [0.1, 0.15) is 0 Å². The van der Waals surface area contributed by atoms with Gasteiger partial charge < -0.3 is 14.5 Å². The highest BCUT2D eigenvalue weighted by molar-refractivity contribution is 5.76. The molecule has 21 heavy (non-hydrogen) atoms. The summed E-state index contributed by atoms with van der Waals surface area (Å²) in [7, 11) is 0. The smallest absolute Gasteiger partial charge is 0.222 e. The van der Waals surface area contributed by atoms with E-state index in [1.807, 2.05) is 11.0 Å². The summed E-state index contributed by atoms with van der Waals surface area (Å²) in [4.78, 5) is 16.8. The largest absolute Gasteiger partial charge is 0.381 e. The third-order valence-electron chi connectivity index (χ3n) is 4.46. The monoisotopic (exact) mass is 288 g/mol. The summed E-state index contributed by atoms with van der Waals surface area (Å²) in [5.74, 6) is 0.742. The van der Waals surface area contributed by atoms with Gasteiger partial charge in [-0.25, -0.2) is 0 Å². The fourth-order valence-corrected chi connectivity index (χ4v) is 3.18. The van der Waals surface area contributed by atoms with Crippen molar-refractivity contribution in [2.24, 2.45) is 5.92 Å². The van der Waals surface area contributed by atoms with E-state index in [9.17, 15) is 4.79 Å². The number of benzene rings is 1.